The zero-order valence-corrected chi connectivity index (χ0v) is 8.60. The Bertz CT molecular complexity index is 325. The van der Waals surface area contributed by atoms with Crippen LogP contribution >= 0.6 is 0 Å². The number of fused-ring (bicyclic) bond motifs is 1. The predicted octanol–water partition coefficient (Wildman–Crippen LogP) is 2.08. The molecule has 3 rings (SSSR count). The Labute approximate surface area is 85.4 Å². The summed E-state index contributed by atoms with van der Waals surface area (Å²) in [6.07, 6.45) is 3.40. The Kier molecular flexibility index (Phi) is 1.71. The van der Waals surface area contributed by atoms with Crippen molar-refractivity contribution in [3.05, 3.63) is 18.4 Å². The number of nitrogens with one attached hydrogen (secondary N) is 1. The summed E-state index contributed by atoms with van der Waals surface area (Å²) >= 11 is 0. The number of rotatable bonds is 2. The van der Waals surface area contributed by atoms with E-state index in [1.165, 1.54) is 0 Å². The van der Waals surface area contributed by atoms with Crippen LogP contribution in [0, 0.1) is 23.7 Å². The molecule has 1 aromatic heterocycles. The van der Waals surface area contributed by atoms with Crippen molar-refractivity contribution in [2.45, 2.75) is 19.9 Å². The van der Waals surface area contributed by atoms with Crippen molar-refractivity contribution in [1.29, 1.82) is 0 Å². The van der Waals surface area contributed by atoms with Crippen LogP contribution in [-0.2, 0) is 0 Å². The van der Waals surface area contributed by atoms with E-state index in [0.717, 1.165) is 36.1 Å². The van der Waals surface area contributed by atoms with Crippen molar-refractivity contribution in [1.82, 2.24) is 10.3 Å². The number of nitrogens with zero attached hydrogens (tertiary/aromatic N) is 1. The zero-order chi connectivity index (χ0) is 9.71. The van der Waals surface area contributed by atoms with Crippen molar-refractivity contribution in [2.24, 2.45) is 23.7 Å². The third kappa shape index (κ3) is 1.05. The fourth-order valence-corrected chi connectivity index (χ4v) is 3.15. The average Bonchev–Trinajstić information content (AvgIpc) is 2.57. The van der Waals surface area contributed by atoms with E-state index in [4.69, 9.17) is 4.42 Å². The van der Waals surface area contributed by atoms with Crippen LogP contribution in [0.15, 0.2) is 16.9 Å². The van der Waals surface area contributed by atoms with Crippen molar-refractivity contribution < 1.29 is 5.84 Å². The van der Waals surface area contributed by atoms with Crippen LogP contribution in [0.25, 0.3) is 0 Å². The topological polar surface area (TPSA) is 38.1 Å². The molecule has 0 radical (unpaired) electrons. The Morgan fingerprint density at radius 1 is 1.64 bits per heavy atom. The number of hydrogen-bond acceptors (Lipinski definition) is 3. The zero-order valence-electron chi connectivity index (χ0n) is 8.60. The third-order valence-corrected chi connectivity index (χ3v) is 3.74. The third-order valence-electron chi connectivity index (χ3n) is 3.74. The van der Waals surface area contributed by atoms with E-state index in [-0.39, 0.29) is 1.43 Å². The Hall–Kier alpha value is -0.830. The van der Waals surface area contributed by atoms with Crippen molar-refractivity contribution in [3.63, 3.8) is 0 Å². The van der Waals surface area contributed by atoms with Crippen LogP contribution in [0.3, 0.4) is 0 Å². The molecule has 1 aliphatic heterocycles. The summed E-state index contributed by atoms with van der Waals surface area (Å²) < 4.78 is 5.37. The summed E-state index contributed by atoms with van der Waals surface area (Å²) in [4.78, 5) is 4.24. The molecule has 4 atom stereocenters. The summed E-state index contributed by atoms with van der Waals surface area (Å²) in [6, 6.07) is 0.377. The summed E-state index contributed by atoms with van der Waals surface area (Å²) in [7, 11) is 0. The van der Waals surface area contributed by atoms with E-state index in [1.54, 1.807) is 12.5 Å². The molecule has 1 aromatic rings. The Morgan fingerprint density at radius 2 is 2.50 bits per heavy atom. The van der Waals surface area contributed by atoms with E-state index in [0.29, 0.717) is 6.04 Å². The second kappa shape index (κ2) is 2.83. The molecule has 0 bridgehead atoms. The van der Waals surface area contributed by atoms with Gasteiger partial charge in [-0.05, 0) is 30.2 Å². The number of piperidine rings is 1. The molecule has 3 nitrogen and oxygen atoms in total. The Balaban J connectivity index is 0.000000853. The molecule has 0 spiro atoms. The van der Waals surface area contributed by atoms with Gasteiger partial charge in [0.2, 0.25) is 5.89 Å². The van der Waals surface area contributed by atoms with Gasteiger partial charge in [-0.3, -0.25) is 0 Å². The van der Waals surface area contributed by atoms with Gasteiger partial charge in [-0.25, -0.2) is 4.98 Å². The van der Waals surface area contributed by atoms with Gasteiger partial charge in [0.1, 0.15) is 6.26 Å². The lowest BCUT2D eigenvalue weighted by molar-refractivity contribution is 0.355. The smallest absolute Gasteiger partial charge is 0.211 e. The normalized spacial score (nSPS) is 40.2. The first-order chi connectivity index (χ1) is 6.79. The van der Waals surface area contributed by atoms with Crippen LogP contribution in [-0.4, -0.2) is 11.5 Å². The first kappa shape index (κ1) is 8.48. The molecule has 2 aliphatic rings. The molecule has 1 N–H and O–H groups in total. The molecule has 4 unspecified atom stereocenters. The van der Waals surface area contributed by atoms with Gasteiger partial charge >= 0.3 is 0 Å². The molecule has 78 valence electrons. The quantitative estimate of drug-likeness (QED) is 0.783. The van der Waals surface area contributed by atoms with Crippen molar-refractivity contribution in [3.8, 4) is 0 Å². The molecular formula is C11H18N2O. The summed E-state index contributed by atoms with van der Waals surface area (Å²) in [5.74, 6) is 4.19. The maximum atomic E-state index is 5.37. The van der Waals surface area contributed by atoms with Gasteiger partial charge in [-0.2, -0.15) is 0 Å². The minimum Gasteiger partial charge on any atom is -0.447 e. The minimum atomic E-state index is 0. The molecule has 1 saturated carbocycles. The van der Waals surface area contributed by atoms with E-state index in [1.807, 2.05) is 0 Å². The lowest BCUT2D eigenvalue weighted by atomic mass is 10.0. The number of aromatic nitrogens is 1. The fraction of sp³-hybridized carbons (Fsp3) is 0.727. The molecule has 0 aromatic carbocycles. The Morgan fingerprint density at radius 3 is 3.07 bits per heavy atom. The largest absolute Gasteiger partial charge is 0.447 e. The molecule has 1 aliphatic carbocycles. The van der Waals surface area contributed by atoms with E-state index in [9.17, 15) is 0 Å². The number of hydrogen-bond donors (Lipinski definition) is 1. The molecule has 2 heterocycles. The van der Waals surface area contributed by atoms with Crippen LogP contribution in [0.4, 0.5) is 0 Å². The fourth-order valence-electron chi connectivity index (χ4n) is 3.15. The van der Waals surface area contributed by atoms with Crippen LogP contribution in [0.5, 0.6) is 0 Å². The highest BCUT2D eigenvalue weighted by Gasteiger charge is 2.60. The average molecular weight is 194 g/mol. The lowest BCUT2D eigenvalue weighted by Gasteiger charge is -2.14. The van der Waals surface area contributed by atoms with Crippen LogP contribution in [0.1, 0.15) is 27.2 Å². The summed E-state index contributed by atoms with van der Waals surface area (Å²) in [5, 5.41) is 3.49. The molecule has 14 heavy (non-hydrogen) atoms. The van der Waals surface area contributed by atoms with Gasteiger partial charge in [-0.1, -0.05) is 13.8 Å². The van der Waals surface area contributed by atoms with Gasteiger partial charge in [0.05, 0.1) is 12.2 Å². The highest BCUT2D eigenvalue weighted by atomic mass is 16.3. The van der Waals surface area contributed by atoms with Gasteiger partial charge in [0.25, 0.3) is 0 Å². The second-order valence-electron chi connectivity index (χ2n) is 4.82. The molecule has 0 amide bonds. The maximum Gasteiger partial charge on any atom is 0.211 e. The van der Waals surface area contributed by atoms with Gasteiger partial charge < -0.3 is 9.73 Å². The summed E-state index contributed by atoms with van der Waals surface area (Å²) in [5.41, 5.74) is 0. The summed E-state index contributed by atoms with van der Waals surface area (Å²) in [6.45, 7) is 5.77. The van der Waals surface area contributed by atoms with E-state index in [2.05, 4.69) is 24.1 Å². The van der Waals surface area contributed by atoms with Gasteiger partial charge in [-0.15, -0.1) is 0 Å². The molecule has 3 heteroatoms. The highest BCUT2D eigenvalue weighted by molar-refractivity contribution is 5.14. The second-order valence-corrected chi connectivity index (χ2v) is 4.82. The van der Waals surface area contributed by atoms with Crippen molar-refractivity contribution in [2.75, 3.05) is 6.54 Å². The maximum absolute atomic E-state index is 5.37. The van der Waals surface area contributed by atoms with Crippen LogP contribution < -0.4 is 5.32 Å². The highest BCUT2D eigenvalue weighted by Crippen LogP contribution is 2.59. The van der Waals surface area contributed by atoms with Gasteiger partial charge in [0, 0.05) is 1.43 Å². The van der Waals surface area contributed by atoms with E-state index >= 15 is 0 Å². The molecule has 1 saturated heterocycles. The number of oxazole rings is 1. The molecule has 2 fully saturated rings. The first-order valence-electron chi connectivity index (χ1n) is 5.42. The van der Waals surface area contributed by atoms with Gasteiger partial charge in [0.15, 0.2) is 0 Å². The van der Waals surface area contributed by atoms with Crippen molar-refractivity contribution >= 4 is 0 Å². The first-order valence-corrected chi connectivity index (χ1v) is 5.42. The van der Waals surface area contributed by atoms with Crippen LogP contribution in [0.2, 0.25) is 0 Å². The minimum absolute atomic E-state index is 0. The SMILES string of the molecule is CC(C)C1C2CNC(c3ncco3)C21.[HH]. The van der Waals surface area contributed by atoms with E-state index < -0.39 is 0 Å². The lowest BCUT2D eigenvalue weighted by Crippen LogP contribution is -2.22. The standard InChI is InChI=1S/C11H16N2O.H2/c1-6(2)8-7-5-13-10(9(7)8)11-12-3-4-14-11;/h3-4,6-10,13H,5H2,1-2H3;1H. The predicted molar refractivity (Wildman–Crippen MR) is 54.7 cm³/mol. The molecular weight excluding hydrogens is 176 g/mol. The monoisotopic (exact) mass is 194 g/mol.